The van der Waals surface area contributed by atoms with Gasteiger partial charge in [-0.15, -0.1) is 0 Å². The number of nitrogens with zero attached hydrogens (tertiary/aromatic N) is 2. The zero-order valence-electron chi connectivity index (χ0n) is 11.6. The number of ether oxygens (including phenoxy) is 1. The van der Waals surface area contributed by atoms with Gasteiger partial charge in [0.15, 0.2) is 0 Å². The van der Waals surface area contributed by atoms with E-state index in [1.807, 2.05) is 24.3 Å². The van der Waals surface area contributed by atoms with E-state index in [0.29, 0.717) is 13.0 Å². The first-order valence-corrected chi connectivity index (χ1v) is 6.80. The Morgan fingerprint density at radius 1 is 1.50 bits per heavy atom. The van der Waals surface area contributed by atoms with Crippen molar-refractivity contribution < 1.29 is 9.53 Å². The van der Waals surface area contributed by atoms with E-state index in [2.05, 4.69) is 16.3 Å². The first-order valence-electron chi connectivity index (χ1n) is 6.80. The van der Waals surface area contributed by atoms with Crippen molar-refractivity contribution in [3.8, 4) is 11.8 Å². The Morgan fingerprint density at radius 2 is 2.25 bits per heavy atom. The van der Waals surface area contributed by atoms with Gasteiger partial charge in [0.25, 0.3) is 0 Å². The summed E-state index contributed by atoms with van der Waals surface area (Å²) in [6, 6.07) is 9.29. The largest absolute Gasteiger partial charge is 0.497 e. The molecule has 1 unspecified atom stereocenters. The first-order chi connectivity index (χ1) is 9.74. The highest BCUT2D eigenvalue weighted by Gasteiger charge is 2.30. The molecule has 1 aromatic carbocycles. The number of nitriles is 1. The van der Waals surface area contributed by atoms with Crippen molar-refractivity contribution in [1.29, 1.82) is 5.26 Å². The fraction of sp³-hybridized carbons (Fsp3) is 0.467. The Balaban J connectivity index is 1.94. The highest BCUT2D eigenvalue weighted by Crippen LogP contribution is 2.20. The molecule has 1 aliphatic rings. The van der Waals surface area contributed by atoms with E-state index >= 15 is 0 Å². The van der Waals surface area contributed by atoms with Crippen LogP contribution in [-0.2, 0) is 4.79 Å². The van der Waals surface area contributed by atoms with Crippen molar-refractivity contribution in [2.24, 2.45) is 0 Å². The van der Waals surface area contributed by atoms with Crippen LogP contribution in [-0.4, -0.2) is 37.0 Å². The van der Waals surface area contributed by atoms with Crippen LogP contribution >= 0.6 is 0 Å². The lowest BCUT2D eigenvalue weighted by Crippen LogP contribution is -2.40. The molecule has 0 aliphatic carbocycles. The molecule has 1 N–H and O–H groups in total. The van der Waals surface area contributed by atoms with Crippen LogP contribution in [0.15, 0.2) is 24.3 Å². The third kappa shape index (κ3) is 3.49. The Bertz CT molecular complexity index is 493. The molecule has 0 radical (unpaired) electrons. The molecule has 1 aromatic rings. The summed E-state index contributed by atoms with van der Waals surface area (Å²) in [7, 11) is 1.61. The van der Waals surface area contributed by atoms with Crippen molar-refractivity contribution in [1.82, 2.24) is 4.90 Å². The van der Waals surface area contributed by atoms with Gasteiger partial charge in [-0.05, 0) is 43.7 Å². The van der Waals surface area contributed by atoms with Crippen LogP contribution < -0.4 is 10.1 Å². The molecule has 5 nitrogen and oxygen atoms in total. The van der Waals surface area contributed by atoms with Gasteiger partial charge >= 0.3 is 0 Å². The Labute approximate surface area is 119 Å². The second-order valence-corrected chi connectivity index (χ2v) is 4.82. The van der Waals surface area contributed by atoms with E-state index in [4.69, 9.17) is 10.00 Å². The lowest BCUT2D eigenvalue weighted by atomic mass is 10.2. The lowest BCUT2D eigenvalue weighted by Gasteiger charge is -2.22. The van der Waals surface area contributed by atoms with Crippen LogP contribution in [0.1, 0.15) is 19.3 Å². The molecule has 0 bridgehead atoms. The van der Waals surface area contributed by atoms with E-state index < -0.39 is 0 Å². The molecule has 1 saturated heterocycles. The molecule has 1 fully saturated rings. The van der Waals surface area contributed by atoms with Gasteiger partial charge in [-0.1, -0.05) is 0 Å². The molecule has 0 spiro atoms. The number of carbonyl (C=O) groups is 1. The topological polar surface area (TPSA) is 65.4 Å². The van der Waals surface area contributed by atoms with Gasteiger partial charge in [-0.25, -0.2) is 0 Å². The molecule has 1 heterocycles. The van der Waals surface area contributed by atoms with E-state index in [0.717, 1.165) is 30.8 Å². The van der Waals surface area contributed by atoms with Crippen LogP contribution in [0.4, 0.5) is 5.69 Å². The van der Waals surface area contributed by atoms with Gasteiger partial charge < -0.3 is 10.1 Å². The smallest absolute Gasteiger partial charge is 0.241 e. The summed E-state index contributed by atoms with van der Waals surface area (Å²) in [4.78, 5) is 14.4. The third-order valence-corrected chi connectivity index (χ3v) is 3.53. The number of rotatable bonds is 5. The van der Waals surface area contributed by atoms with Gasteiger partial charge in [-0.2, -0.15) is 5.26 Å². The zero-order valence-corrected chi connectivity index (χ0v) is 11.6. The summed E-state index contributed by atoms with van der Waals surface area (Å²) < 4.78 is 5.08. The predicted octanol–water partition coefficient (Wildman–Crippen LogP) is 2.01. The van der Waals surface area contributed by atoms with Crippen molar-refractivity contribution >= 4 is 11.6 Å². The Kier molecular flexibility index (Phi) is 4.97. The molecule has 1 aliphatic heterocycles. The van der Waals surface area contributed by atoms with Crippen molar-refractivity contribution in [3.63, 3.8) is 0 Å². The monoisotopic (exact) mass is 273 g/mol. The third-order valence-electron chi connectivity index (χ3n) is 3.53. The average Bonchev–Trinajstić information content (AvgIpc) is 2.94. The summed E-state index contributed by atoms with van der Waals surface area (Å²) in [5.74, 6) is 0.769. The number of hydrogen-bond donors (Lipinski definition) is 1. The summed E-state index contributed by atoms with van der Waals surface area (Å²) >= 11 is 0. The summed E-state index contributed by atoms with van der Waals surface area (Å²) in [6.45, 7) is 1.56. The molecule has 2 rings (SSSR count). The van der Waals surface area contributed by atoms with Gasteiger partial charge in [-0.3, -0.25) is 9.69 Å². The molecule has 5 heteroatoms. The van der Waals surface area contributed by atoms with Gasteiger partial charge in [0.1, 0.15) is 5.75 Å². The number of benzene rings is 1. The maximum absolute atomic E-state index is 12.3. The predicted molar refractivity (Wildman–Crippen MR) is 76.4 cm³/mol. The SMILES string of the molecule is COc1ccc(NC(=O)C2CCCN2CCC#N)cc1. The number of likely N-dealkylation sites (tertiary alicyclic amines) is 1. The zero-order chi connectivity index (χ0) is 14.4. The molecule has 0 aromatic heterocycles. The van der Waals surface area contributed by atoms with E-state index in [9.17, 15) is 4.79 Å². The van der Waals surface area contributed by atoms with Gasteiger partial charge in [0, 0.05) is 18.7 Å². The normalized spacial score (nSPS) is 18.5. The maximum atomic E-state index is 12.3. The molecule has 1 atom stereocenters. The molecule has 106 valence electrons. The molecular formula is C15H19N3O2. The van der Waals surface area contributed by atoms with Crippen LogP contribution in [0.2, 0.25) is 0 Å². The van der Waals surface area contributed by atoms with Crippen LogP contribution in [0.25, 0.3) is 0 Å². The maximum Gasteiger partial charge on any atom is 0.241 e. The highest BCUT2D eigenvalue weighted by atomic mass is 16.5. The number of hydrogen-bond acceptors (Lipinski definition) is 4. The minimum Gasteiger partial charge on any atom is -0.497 e. The number of anilines is 1. The fourth-order valence-corrected chi connectivity index (χ4v) is 2.48. The highest BCUT2D eigenvalue weighted by molar-refractivity contribution is 5.95. The van der Waals surface area contributed by atoms with Crippen LogP contribution in [0.3, 0.4) is 0 Å². The Hall–Kier alpha value is -2.06. The lowest BCUT2D eigenvalue weighted by molar-refractivity contribution is -0.120. The minimum atomic E-state index is -0.120. The van der Waals surface area contributed by atoms with Gasteiger partial charge in [0.05, 0.1) is 19.2 Å². The summed E-state index contributed by atoms with van der Waals surface area (Å²) in [6.07, 6.45) is 2.33. The number of carbonyl (C=O) groups excluding carboxylic acids is 1. The van der Waals surface area contributed by atoms with Crippen molar-refractivity contribution in [2.75, 3.05) is 25.5 Å². The second kappa shape index (κ2) is 6.92. The van der Waals surface area contributed by atoms with E-state index in [1.54, 1.807) is 7.11 Å². The number of methoxy groups -OCH3 is 1. The fourth-order valence-electron chi connectivity index (χ4n) is 2.48. The van der Waals surface area contributed by atoms with Crippen molar-refractivity contribution in [2.45, 2.75) is 25.3 Å². The molecular weight excluding hydrogens is 254 g/mol. The standard InChI is InChI=1S/C15H19N3O2/c1-20-13-7-5-12(6-8-13)17-15(19)14-4-2-10-18(14)11-3-9-16/h5-8,14H,2-4,10-11H2,1H3,(H,17,19). The van der Waals surface area contributed by atoms with Crippen molar-refractivity contribution in [3.05, 3.63) is 24.3 Å². The second-order valence-electron chi connectivity index (χ2n) is 4.82. The summed E-state index contributed by atoms with van der Waals surface area (Å²) in [5, 5.41) is 11.6. The summed E-state index contributed by atoms with van der Waals surface area (Å²) in [5.41, 5.74) is 0.767. The molecule has 20 heavy (non-hydrogen) atoms. The van der Waals surface area contributed by atoms with E-state index in [-0.39, 0.29) is 11.9 Å². The molecule has 0 saturated carbocycles. The van der Waals surface area contributed by atoms with Crippen LogP contribution in [0, 0.1) is 11.3 Å². The first kappa shape index (κ1) is 14.4. The number of nitrogens with one attached hydrogen (secondary N) is 1. The quantitative estimate of drug-likeness (QED) is 0.891. The number of amides is 1. The average molecular weight is 273 g/mol. The molecule has 1 amide bonds. The minimum absolute atomic E-state index is 0.00519. The van der Waals surface area contributed by atoms with E-state index in [1.165, 1.54) is 0 Å². The Morgan fingerprint density at radius 3 is 2.90 bits per heavy atom. The van der Waals surface area contributed by atoms with Crippen LogP contribution in [0.5, 0.6) is 5.75 Å². The van der Waals surface area contributed by atoms with Gasteiger partial charge in [0.2, 0.25) is 5.91 Å².